The van der Waals surface area contributed by atoms with Gasteiger partial charge in [-0.1, -0.05) is 28.1 Å². The molecule has 20 heavy (non-hydrogen) atoms. The molecule has 0 aliphatic carbocycles. The van der Waals surface area contributed by atoms with Crippen LogP contribution in [0.25, 0.3) is 0 Å². The number of aldehydes is 1. The normalized spacial score (nSPS) is 13.2. The van der Waals surface area contributed by atoms with Crippen molar-refractivity contribution in [1.29, 1.82) is 0 Å². The number of alkyl halides is 2. The first-order valence-corrected chi connectivity index (χ1v) is 7.78. The fourth-order valence-electron chi connectivity index (χ4n) is 1.22. The van der Waals surface area contributed by atoms with Gasteiger partial charge in [-0.05, 0) is 25.5 Å². The Hall–Kier alpha value is -0.660. The van der Waals surface area contributed by atoms with Crippen LogP contribution < -0.4 is 5.73 Å². The summed E-state index contributed by atoms with van der Waals surface area (Å²) < 4.78 is 37.5. The van der Waals surface area contributed by atoms with Crippen molar-refractivity contribution in [3.05, 3.63) is 33.8 Å². The molecule has 0 aliphatic rings. The molecular formula is C11H15BrF2NO4P. The van der Waals surface area contributed by atoms with Gasteiger partial charge < -0.3 is 20.3 Å². The molecule has 0 aliphatic heterocycles. The maximum Gasteiger partial charge on any atom is 0.399 e. The summed E-state index contributed by atoms with van der Waals surface area (Å²) >= 11 is 2.86. The molecule has 4 N–H and O–H groups in total. The van der Waals surface area contributed by atoms with E-state index in [2.05, 4.69) is 15.9 Å². The summed E-state index contributed by atoms with van der Waals surface area (Å²) in [5.41, 5.74) is 1.18. The van der Waals surface area contributed by atoms with Gasteiger partial charge in [0.15, 0.2) is 0 Å². The Kier molecular flexibility index (Phi) is 7.13. The average Bonchev–Trinajstić information content (AvgIpc) is 2.27. The first-order valence-electron chi connectivity index (χ1n) is 5.37. The van der Waals surface area contributed by atoms with E-state index < -0.39 is 18.8 Å². The van der Waals surface area contributed by atoms with E-state index in [9.17, 15) is 13.3 Å². The smallest absolute Gasteiger partial charge is 0.324 e. The standard InChI is InChI=1S/C9H11BrF2NO3P.C2H4O/c1-5(13)6-2-3-7(8(10)4-6)9(11,12)17(14,15)16;1-2-3/h2-5H,13H2,1H3,(H2,14,15,16);2H,1H3. The van der Waals surface area contributed by atoms with Gasteiger partial charge in [0, 0.05) is 16.1 Å². The lowest BCUT2D eigenvalue weighted by molar-refractivity contribution is -0.106. The van der Waals surface area contributed by atoms with Crippen LogP contribution in [0.3, 0.4) is 0 Å². The zero-order valence-electron chi connectivity index (χ0n) is 10.8. The Balaban J connectivity index is 0.00000110. The second kappa shape index (κ2) is 7.38. The molecule has 0 bridgehead atoms. The number of hydrogen-bond acceptors (Lipinski definition) is 3. The van der Waals surface area contributed by atoms with Crippen molar-refractivity contribution >= 4 is 29.8 Å². The number of carbonyl (C=O) groups is 1. The summed E-state index contributed by atoms with van der Waals surface area (Å²) in [5, 5.41) is 0. The van der Waals surface area contributed by atoms with E-state index in [1.165, 1.54) is 19.1 Å². The molecule has 0 saturated heterocycles. The first kappa shape index (κ1) is 19.3. The van der Waals surface area contributed by atoms with Gasteiger partial charge in [-0.15, -0.1) is 0 Å². The van der Waals surface area contributed by atoms with Crippen LogP contribution in [-0.2, 0) is 15.0 Å². The predicted molar refractivity (Wildman–Crippen MR) is 74.4 cm³/mol. The molecule has 0 aromatic heterocycles. The second-order valence-electron chi connectivity index (χ2n) is 3.85. The van der Waals surface area contributed by atoms with Crippen LogP contribution in [-0.4, -0.2) is 16.1 Å². The van der Waals surface area contributed by atoms with Gasteiger partial charge in [-0.2, -0.15) is 8.78 Å². The predicted octanol–water partition coefficient (Wildman–Crippen LogP) is 2.90. The molecule has 114 valence electrons. The minimum atomic E-state index is -5.55. The highest BCUT2D eigenvalue weighted by Crippen LogP contribution is 2.60. The van der Waals surface area contributed by atoms with Crippen LogP contribution in [0.15, 0.2) is 22.7 Å². The summed E-state index contributed by atoms with van der Waals surface area (Å²) in [6.45, 7) is 3.11. The summed E-state index contributed by atoms with van der Waals surface area (Å²) in [5.74, 6) is 0. The van der Waals surface area contributed by atoms with Crippen LogP contribution in [0.5, 0.6) is 0 Å². The maximum absolute atomic E-state index is 13.4. The molecule has 1 unspecified atom stereocenters. The van der Waals surface area contributed by atoms with E-state index in [1.54, 1.807) is 6.92 Å². The fourth-order valence-corrected chi connectivity index (χ4v) is 2.52. The third-order valence-corrected chi connectivity index (χ3v) is 3.84. The van der Waals surface area contributed by atoms with Crippen LogP contribution in [0.2, 0.25) is 0 Å². The number of rotatable bonds is 3. The van der Waals surface area contributed by atoms with Gasteiger partial charge >= 0.3 is 13.3 Å². The molecule has 0 saturated carbocycles. The molecule has 1 aromatic rings. The molecule has 0 radical (unpaired) electrons. The highest BCUT2D eigenvalue weighted by molar-refractivity contribution is 9.10. The summed E-state index contributed by atoms with van der Waals surface area (Å²) in [6.07, 6.45) is 0.750. The number of benzene rings is 1. The fraction of sp³-hybridized carbons (Fsp3) is 0.364. The highest BCUT2D eigenvalue weighted by atomic mass is 79.9. The number of nitrogens with two attached hydrogens (primary N) is 1. The lowest BCUT2D eigenvalue weighted by Gasteiger charge is -2.20. The first-order chi connectivity index (χ1) is 8.98. The average molecular weight is 374 g/mol. The van der Waals surface area contributed by atoms with E-state index in [1.807, 2.05) is 0 Å². The van der Waals surface area contributed by atoms with Gasteiger partial charge in [-0.3, -0.25) is 4.57 Å². The quantitative estimate of drug-likeness (QED) is 0.558. The third-order valence-electron chi connectivity index (χ3n) is 2.21. The van der Waals surface area contributed by atoms with Gasteiger partial charge in [0.2, 0.25) is 0 Å². The van der Waals surface area contributed by atoms with Gasteiger partial charge in [0.25, 0.3) is 0 Å². The zero-order valence-corrected chi connectivity index (χ0v) is 13.2. The highest BCUT2D eigenvalue weighted by Gasteiger charge is 2.51. The molecule has 0 spiro atoms. The Morgan fingerprint density at radius 2 is 1.90 bits per heavy atom. The number of hydrogen-bond donors (Lipinski definition) is 3. The van der Waals surface area contributed by atoms with E-state index in [-0.39, 0.29) is 10.5 Å². The van der Waals surface area contributed by atoms with E-state index in [0.717, 1.165) is 12.4 Å². The summed E-state index contributed by atoms with van der Waals surface area (Å²) in [6, 6.07) is 3.24. The van der Waals surface area contributed by atoms with E-state index in [4.69, 9.17) is 20.3 Å². The largest absolute Gasteiger partial charge is 0.399 e. The summed E-state index contributed by atoms with van der Waals surface area (Å²) in [4.78, 5) is 26.0. The Morgan fingerprint density at radius 3 is 2.20 bits per heavy atom. The molecule has 1 aromatic carbocycles. The van der Waals surface area contributed by atoms with Crippen molar-refractivity contribution < 1.29 is 27.9 Å². The van der Waals surface area contributed by atoms with Gasteiger partial charge in [-0.25, -0.2) is 0 Å². The minimum Gasteiger partial charge on any atom is -0.324 e. The van der Waals surface area contributed by atoms with Crippen LogP contribution in [0.4, 0.5) is 8.78 Å². The molecule has 5 nitrogen and oxygen atoms in total. The topological polar surface area (TPSA) is 101 Å². The Bertz CT molecular complexity index is 519. The van der Waals surface area contributed by atoms with Crippen LogP contribution in [0.1, 0.15) is 31.0 Å². The Morgan fingerprint density at radius 1 is 1.45 bits per heavy atom. The van der Waals surface area contributed by atoms with Crippen molar-refractivity contribution in [3.8, 4) is 0 Å². The molecule has 0 fully saturated rings. The third kappa shape index (κ3) is 4.71. The van der Waals surface area contributed by atoms with E-state index >= 15 is 0 Å². The molecule has 1 atom stereocenters. The Labute approximate surface area is 123 Å². The number of halogens is 3. The lowest BCUT2D eigenvalue weighted by Crippen LogP contribution is -2.15. The minimum absolute atomic E-state index is 0.0828. The SMILES string of the molecule is CC(N)c1ccc(C(F)(F)P(=O)(O)O)c(Br)c1.CC=O. The number of carbonyl (C=O) groups excluding carboxylic acids is 1. The molecule has 1 rings (SSSR count). The monoisotopic (exact) mass is 373 g/mol. The van der Waals surface area contributed by atoms with E-state index in [0.29, 0.717) is 5.56 Å². The zero-order chi connectivity index (χ0) is 16.1. The van der Waals surface area contributed by atoms with Gasteiger partial charge in [0.1, 0.15) is 6.29 Å². The van der Waals surface area contributed by atoms with Crippen molar-refractivity contribution in [3.63, 3.8) is 0 Å². The molecule has 9 heteroatoms. The van der Waals surface area contributed by atoms with Gasteiger partial charge in [0.05, 0.1) is 0 Å². The van der Waals surface area contributed by atoms with Crippen molar-refractivity contribution in [2.75, 3.05) is 0 Å². The molecule has 0 heterocycles. The molecule has 0 amide bonds. The maximum atomic E-state index is 13.4. The van der Waals surface area contributed by atoms with Crippen LogP contribution >= 0.6 is 23.5 Å². The van der Waals surface area contributed by atoms with Crippen molar-refractivity contribution in [2.45, 2.75) is 25.6 Å². The lowest BCUT2D eigenvalue weighted by atomic mass is 10.1. The van der Waals surface area contributed by atoms with Crippen molar-refractivity contribution in [1.82, 2.24) is 0 Å². The van der Waals surface area contributed by atoms with Crippen LogP contribution in [0, 0.1) is 0 Å². The van der Waals surface area contributed by atoms with Crippen molar-refractivity contribution in [2.24, 2.45) is 5.73 Å². The molecular weight excluding hydrogens is 359 g/mol. The second-order valence-corrected chi connectivity index (χ2v) is 6.35. The summed E-state index contributed by atoms with van der Waals surface area (Å²) in [7, 11) is -5.55.